The smallest absolute Gasteiger partial charge is 0.293 e. The van der Waals surface area contributed by atoms with Gasteiger partial charge in [0.1, 0.15) is 6.33 Å². The number of aromatic nitrogens is 3. The highest BCUT2D eigenvalue weighted by atomic mass is 16.2. The van der Waals surface area contributed by atoms with Gasteiger partial charge >= 0.3 is 0 Å². The topological polar surface area (TPSA) is 51.0 Å². The fraction of sp³-hybridized carbons (Fsp3) is 0.438. The molecule has 1 aromatic carbocycles. The SMILES string of the molecule is Cc1ccc(-n2cnc(C(=O)N3CCCCC3C)n2)cc1. The van der Waals surface area contributed by atoms with Crippen molar-refractivity contribution in [1.29, 1.82) is 0 Å². The van der Waals surface area contributed by atoms with Crippen LogP contribution in [0.3, 0.4) is 0 Å². The molecule has 0 bridgehead atoms. The van der Waals surface area contributed by atoms with Gasteiger partial charge in [-0.1, -0.05) is 17.7 Å². The molecule has 1 saturated heterocycles. The summed E-state index contributed by atoms with van der Waals surface area (Å²) in [5.41, 5.74) is 2.11. The Morgan fingerprint density at radius 3 is 2.71 bits per heavy atom. The molecule has 1 aliphatic rings. The third-order valence-electron chi connectivity index (χ3n) is 4.05. The van der Waals surface area contributed by atoms with Gasteiger partial charge in [-0.25, -0.2) is 9.67 Å². The lowest BCUT2D eigenvalue weighted by Gasteiger charge is -2.32. The first-order chi connectivity index (χ1) is 10.1. The molecule has 21 heavy (non-hydrogen) atoms. The number of nitrogens with zero attached hydrogens (tertiary/aromatic N) is 4. The van der Waals surface area contributed by atoms with Gasteiger partial charge in [-0.05, 0) is 45.2 Å². The third-order valence-corrected chi connectivity index (χ3v) is 4.05. The quantitative estimate of drug-likeness (QED) is 0.851. The average Bonchev–Trinajstić information content (AvgIpc) is 2.98. The van der Waals surface area contributed by atoms with Crippen LogP contribution in [0.15, 0.2) is 30.6 Å². The van der Waals surface area contributed by atoms with Crippen LogP contribution in [0.1, 0.15) is 42.4 Å². The van der Waals surface area contributed by atoms with Crippen LogP contribution in [0.4, 0.5) is 0 Å². The normalized spacial score (nSPS) is 18.8. The molecule has 1 fully saturated rings. The van der Waals surface area contributed by atoms with Gasteiger partial charge in [-0.15, -0.1) is 5.10 Å². The van der Waals surface area contributed by atoms with E-state index in [2.05, 4.69) is 17.0 Å². The fourth-order valence-electron chi connectivity index (χ4n) is 2.71. The number of carbonyl (C=O) groups excluding carboxylic acids is 1. The Labute approximate surface area is 124 Å². The van der Waals surface area contributed by atoms with E-state index >= 15 is 0 Å². The van der Waals surface area contributed by atoms with Gasteiger partial charge < -0.3 is 4.90 Å². The number of hydrogen-bond acceptors (Lipinski definition) is 3. The maximum atomic E-state index is 12.5. The summed E-state index contributed by atoms with van der Waals surface area (Å²) in [6, 6.07) is 8.26. The molecule has 5 nitrogen and oxygen atoms in total. The summed E-state index contributed by atoms with van der Waals surface area (Å²) < 4.78 is 1.65. The Hall–Kier alpha value is -2.17. The molecule has 5 heteroatoms. The first-order valence-corrected chi connectivity index (χ1v) is 7.45. The lowest BCUT2D eigenvalue weighted by molar-refractivity contribution is 0.0623. The lowest BCUT2D eigenvalue weighted by atomic mass is 10.0. The van der Waals surface area contributed by atoms with Crippen LogP contribution in [-0.2, 0) is 0 Å². The Balaban J connectivity index is 1.81. The monoisotopic (exact) mass is 284 g/mol. The first kappa shape index (κ1) is 13.8. The Morgan fingerprint density at radius 2 is 2.00 bits per heavy atom. The van der Waals surface area contributed by atoms with Gasteiger partial charge in [0.2, 0.25) is 5.82 Å². The van der Waals surface area contributed by atoms with Crippen molar-refractivity contribution in [3.8, 4) is 5.69 Å². The van der Waals surface area contributed by atoms with Crippen molar-refractivity contribution in [2.75, 3.05) is 6.54 Å². The van der Waals surface area contributed by atoms with Crippen molar-refractivity contribution in [2.45, 2.75) is 39.2 Å². The number of hydrogen-bond donors (Lipinski definition) is 0. The number of aryl methyl sites for hydroxylation is 1. The zero-order chi connectivity index (χ0) is 14.8. The van der Waals surface area contributed by atoms with Gasteiger partial charge in [0, 0.05) is 12.6 Å². The molecule has 110 valence electrons. The summed E-state index contributed by atoms with van der Waals surface area (Å²) in [7, 11) is 0. The zero-order valence-electron chi connectivity index (χ0n) is 12.5. The van der Waals surface area contributed by atoms with Crippen LogP contribution in [-0.4, -0.2) is 38.2 Å². The predicted octanol–water partition coefficient (Wildman–Crippen LogP) is 2.59. The summed E-state index contributed by atoms with van der Waals surface area (Å²) in [6.45, 7) is 4.94. The lowest BCUT2D eigenvalue weighted by Crippen LogP contribution is -2.42. The summed E-state index contributed by atoms with van der Waals surface area (Å²) >= 11 is 0. The second-order valence-corrected chi connectivity index (χ2v) is 5.69. The Kier molecular flexibility index (Phi) is 3.73. The van der Waals surface area contributed by atoms with Gasteiger partial charge in [0.15, 0.2) is 0 Å². The van der Waals surface area contributed by atoms with Crippen LogP contribution in [0.25, 0.3) is 5.69 Å². The van der Waals surface area contributed by atoms with Gasteiger partial charge in [0.05, 0.1) is 5.69 Å². The number of amides is 1. The molecule has 1 amide bonds. The maximum Gasteiger partial charge on any atom is 0.293 e. The van der Waals surface area contributed by atoms with E-state index in [9.17, 15) is 4.79 Å². The minimum Gasteiger partial charge on any atom is -0.333 e. The summed E-state index contributed by atoms with van der Waals surface area (Å²) in [5.74, 6) is 0.220. The minimum atomic E-state index is -0.0620. The minimum absolute atomic E-state index is 0.0620. The van der Waals surface area contributed by atoms with Crippen LogP contribution in [0.5, 0.6) is 0 Å². The van der Waals surface area contributed by atoms with Crippen molar-refractivity contribution >= 4 is 5.91 Å². The molecule has 1 aromatic heterocycles. The maximum absolute atomic E-state index is 12.5. The number of benzene rings is 1. The van der Waals surface area contributed by atoms with E-state index < -0.39 is 0 Å². The van der Waals surface area contributed by atoms with E-state index in [0.29, 0.717) is 0 Å². The van der Waals surface area contributed by atoms with Crippen molar-refractivity contribution in [3.05, 3.63) is 42.0 Å². The Bertz CT molecular complexity index is 632. The number of likely N-dealkylation sites (tertiary alicyclic amines) is 1. The number of rotatable bonds is 2. The molecule has 1 atom stereocenters. The highest BCUT2D eigenvalue weighted by Gasteiger charge is 2.26. The molecule has 2 aromatic rings. The van der Waals surface area contributed by atoms with Gasteiger partial charge in [0.25, 0.3) is 5.91 Å². The van der Waals surface area contributed by atoms with Gasteiger partial charge in [-0.2, -0.15) is 0 Å². The molecule has 0 radical (unpaired) electrons. The second-order valence-electron chi connectivity index (χ2n) is 5.69. The largest absolute Gasteiger partial charge is 0.333 e. The van der Waals surface area contributed by atoms with E-state index in [1.807, 2.05) is 36.1 Å². The third kappa shape index (κ3) is 2.82. The summed E-state index contributed by atoms with van der Waals surface area (Å²) in [5, 5.41) is 4.33. The molecule has 0 saturated carbocycles. The van der Waals surface area contributed by atoms with E-state index in [4.69, 9.17) is 0 Å². The predicted molar refractivity (Wildman–Crippen MR) is 80.4 cm³/mol. The average molecular weight is 284 g/mol. The molecule has 1 unspecified atom stereocenters. The fourth-order valence-corrected chi connectivity index (χ4v) is 2.71. The van der Waals surface area contributed by atoms with Gasteiger partial charge in [-0.3, -0.25) is 4.79 Å². The van der Waals surface area contributed by atoms with Crippen molar-refractivity contribution in [3.63, 3.8) is 0 Å². The van der Waals surface area contributed by atoms with Crippen molar-refractivity contribution < 1.29 is 4.79 Å². The first-order valence-electron chi connectivity index (χ1n) is 7.45. The van der Waals surface area contributed by atoms with Crippen molar-refractivity contribution in [2.24, 2.45) is 0 Å². The number of piperidine rings is 1. The molecule has 0 spiro atoms. The molecule has 3 rings (SSSR count). The highest BCUT2D eigenvalue weighted by molar-refractivity contribution is 5.90. The Morgan fingerprint density at radius 1 is 1.24 bits per heavy atom. The van der Waals surface area contributed by atoms with E-state index in [1.54, 1.807) is 11.0 Å². The van der Waals surface area contributed by atoms with Crippen LogP contribution in [0, 0.1) is 6.92 Å². The summed E-state index contributed by atoms with van der Waals surface area (Å²) in [4.78, 5) is 18.6. The second kappa shape index (κ2) is 5.68. The van der Waals surface area contributed by atoms with Crippen LogP contribution < -0.4 is 0 Å². The van der Waals surface area contributed by atoms with Crippen LogP contribution >= 0.6 is 0 Å². The molecular weight excluding hydrogens is 264 g/mol. The number of carbonyl (C=O) groups is 1. The standard InChI is InChI=1S/C16H20N4O/c1-12-6-8-14(9-7-12)20-11-17-15(18-20)16(21)19-10-4-3-5-13(19)2/h6-9,11,13H,3-5,10H2,1-2H3. The molecular formula is C16H20N4O. The van der Waals surface area contributed by atoms with E-state index in [0.717, 1.165) is 25.1 Å². The van der Waals surface area contributed by atoms with Crippen molar-refractivity contribution in [1.82, 2.24) is 19.7 Å². The molecule has 0 aliphatic carbocycles. The van der Waals surface area contributed by atoms with E-state index in [1.165, 1.54) is 12.0 Å². The molecule has 2 heterocycles. The van der Waals surface area contributed by atoms with Crippen LogP contribution in [0.2, 0.25) is 0 Å². The highest BCUT2D eigenvalue weighted by Crippen LogP contribution is 2.18. The zero-order valence-corrected chi connectivity index (χ0v) is 12.5. The molecule has 1 aliphatic heterocycles. The van der Waals surface area contributed by atoms with E-state index in [-0.39, 0.29) is 17.8 Å². The molecule has 0 N–H and O–H groups in total. The summed E-state index contributed by atoms with van der Waals surface area (Å²) in [6.07, 6.45) is 4.92.